The van der Waals surface area contributed by atoms with Crippen LogP contribution in [0, 0.1) is 11.2 Å². The molecule has 4 aromatic heterocycles. The van der Waals surface area contributed by atoms with Crippen molar-refractivity contribution in [1.82, 2.24) is 29.7 Å². The monoisotopic (exact) mass is 556 g/mol. The summed E-state index contributed by atoms with van der Waals surface area (Å²) in [6, 6.07) is 9.94. The number of aliphatic carboxylic acids is 1. The quantitative estimate of drug-likeness (QED) is 0.269. The third-order valence-corrected chi connectivity index (χ3v) is 7.30. The number of nitrogens with one attached hydrogen (secondary N) is 1. The average Bonchev–Trinajstić information content (AvgIpc) is 3.61. The van der Waals surface area contributed by atoms with E-state index in [-0.39, 0.29) is 47.7 Å². The van der Waals surface area contributed by atoms with Gasteiger partial charge in [0.05, 0.1) is 28.6 Å². The molecule has 0 spiro atoms. The summed E-state index contributed by atoms with van der Waals surface area (Å²) in [5.41, 5.74) is 5.84. The highest BCUT2D eigenvalue weighted by Crippen LogP contribution is 2.45. The largest absolute Gasteiger partial charge is 0.481 e. The van der Waals surface area contributed by atoms with Crippen molar-refractivity contribution < 1.29 is 23.5 Å². The number of benzene rings is 1. The van der Waals surface area contributed by atoms with Gasteiger partial charge in [-0.3, -0.25) is 9.59 Å². The number of nitrogen functional groups attached to an aromatic ring is 1. The Morgan fingerprint density at radius 2 is 1.98 bits per heavy atom. The van der Waals surface area contributed by atoms with Gasteiger partial charge in [-0.2, -0.15) is 5.10 Å². The van der Waals surface area contributed by atoms with Crippen molar-refractivity contribution in [3.63, 3.8) is 0 Å². The van der Waals surface area contributed by atoms with E-state index in [4.69, 9.17) is 10.2 Å². The second-order valence-corrected chi connectivity index (χ2v) is 10.7. The summed E-state index contributed by atoms with van der Waals surface area (Å²) in [6.45, 7) is 4.87. The molecule has 1 aliphatic rings. The smallest absolute Gasteiger partial charge is 0.309 e. The minimum atomic E-state index is -1.46. The summed E-state index contributed by atoms with van der Waals surface area (Å²) < 4.78 is 21.6. The molecule has 1 aromatic carbocycles. The van der Waals surface area contributed by atoms with Crippen LogP contribution in [0.1, 0.15) is 43.5 Å². The summed E-state index contributed by atoms with van der Waals surface area (Å²) in [4.78, 5) is 42.8. The molecule has 41 heavy (non-hydrogen) atoms. The van der Waals surface area contributed by atoms with E-state index in [1.165, 1.54) is 12.3 Å². The Morgan fingerprint density at radius 1 is 1.20 bits per heavy atom. The van der Waals surface area contributed by atoms with E-state index < -0.39 is 22.7 Å². The zero-order chi connectivity index (χ0) is 29.1. The Balaban J connectivity index is 1.41. The van der Waals surface area contributed by atoms with Crippen molar-refractivity contribution in [2.75, 3.05) is 11.1 Å². The molecule has 12 nitrogen and oxygen atoms in total. The predicted molar refractivity (Wildman–Crippen MR) is 145 cm³/mol. The standard InChI is InChI=1S/C28H25FN8O4/c1-27(2,26(39)40)11-15-13-41-25(32-15)28(3)18-20(30)33-22(34-21(18)35-24(28)38)19-16-8-6-10-31-23(16)37(36-19)12-14-7-4-5-9-17(14)29/h4-10,13H,11-12H2,1-3H3,(H,39,40)(H3,30,33,34,35,38)/t28-/m0/s1. The first-order valence-corrected chi connectivity index (χ1v) is 12.7. The number of nitrogens with two attached hydrogens (primary N) is 1. The number of fused-ring (bicyclic) bond motifs is 2. The molecule has 208 valence electrons. The number of oxazole rings is 1. The molecule has 6 rings (SSSR count). The number of hydrogen-bond donors (Lipinski definition) is 3. The highest BCUT2D eigenvalue weighted by Gasteiger charge is 2.51. The third-order valence-electron chi connectivity index (χ3n) is 7.30. The summed E-state index contributed by atoms with van der Waals surface area (Å²) >= 11 is 0. The number of amides is 1. The molecule has 0 unspecified atom stereocenters. The highest BCUT2D eigenvalue weighted by molar-refractivity contribution is 6.08. The number of pyridine rings is 1. The fraction of sp³-hybridized carbons (Fsp3) is 0.250. The molecule has 0 radical (unpaired) electrons. The normalized spacial score (nSPS) is 16.6. The lowest BCUT2D eigenvalue weighted by molar-refractivity contribution is -0.146. The van der Waals surface area contributed by atoms with Crippen LogP contribution in [-0.2, 0) is 28.0 Å². The van der Waals surface area contributed by atoms with E-state index in [2.05, 4.69) is 30.4 Å². The molecule has 0 saturated carbocycles. The number of aromatic nitrogens is 6. The van der Waals surface area contributed by atoms with Gasteiger partial charge < -0.3 is 20.6 Å². The maximum absolute atomic E-state index is 14.4. The van der Waals surface area contributed by atoms with Crippen LogP contribution < -0.4 is 11.1 Å². The molecule has 4 N–H and O–H groups in total. The minimum Gasteiger partial charge on any atom is -0.481 e. The number of hydrogen-bond acceptors (Lipinski definition) is 9. The second-order valence-electron chi connectivity index (χ2n) is 10.7. The van der Waals surface area contributed by atoms with Crippen LogP contribution >= 0.6 is 0 Å². The molecule has 5 heterocycles. The zero-order valence-electron chi connectivity index (χ0n) is 22.3. The molecule has 0 fully saturated rings. The van der Waals surface area contributed by atoms with E-state index in [0.717, 1.165) is 0 Å². The number of carbonyl (C=O) groups is 2. The number of carboxylic acids is 1. The molecule has 13 heteroatoms. The Hall–Kier alpha value is -5.20. The molecular formula is C28H25FN8O4. The van der Waals surface area contributed by atoms with Crippen molar-refractivity contribution in [3.05, 3.63) is 77.4 Å². The van der Waals surface area contributed by atoms with E-state index >= 15 is 0 Å². The van der Waals surface area contributed by atoms with E-state index in [1.807, 2.05) is 0 Å². The van der Waals surface area contributed by atoms with E-state index in [9.17, 15) is 19.1 Å². The molecule has 1 aliphatic heterocycles. The van der Waals surface area contributed by atoms with Gasteiger partial charge in [-0.15, -0.1) is 0 Å². The van der Waals surface area contributed by atoms with Crippen LogP contribution in [0.5, 0.6) is 0 Å². The van der Waals surface area contributed by atoms with Crippen molar-refractivity contribution in [2.24, 2.45) is 5.41 Å². The summed E-state index contributed by atoms with van der Waals surface area (Å²) in [6.07, 6.45) is 3.04. The molecule has 1 atom stereocenters. The number of anilines is 2. The Bertz CT molecular complexity index is 1860. The molecule has 1 amide bonds. The fourth-order valence-electron chi connectivity index (χ4n) is 4.94. The number of carbonyl (C=O) groups excluding carboxylic acids is 1. The van der Waals surface area contributed by atoms with E-state index in [0.29, 0.717) is 28.0 Å². The predicted octanol–water partition coefficient (Wildman–Crippen LogP) is 3.56. The van der Waals surface area contributed by atoms with E-state index in [1.54, 1.807) is 62.0 Å². The lowest BCUT2D eigenvalue weighted by Crippen LogP contribution is -2.33. The molecular weight excluding hydrogens is 531 g/mol. The van der Waals surface area contributed by atoms with Crippen LogP contribution in [0.25, 0.3) is 22.6 Å². The Kier molecular flexibility index (Phi) is 5.83. The SMILES string of the molecule is CC(C)(Cc1coc([C@]2(C)C(=O)Nc3nc(-c4nn(Cc5ccccc5F)c5ncccc45)nc(N)c32)n1)C(=O)O. The highest BCUT2D eigenvalue weighted by atomic mass is 19.1. The average molecular weight is 557 g/mol. The van der Waals surface area contributed by atoms with Gasteiger partial charge in [-0.1, -0.05) is 18.2 Å². The molecule has 5 aromatic rings. The third kappa shape index (κ3) is 4.17. The summed E-state index contributed by atoms with van der Waals surface area (Å²) in [5.74, 6) is -1.46. The lowest BCUT2D eigenvalue weighted by Gasteiger charge is -2.19. The number of nitrogens with zero attached hydrogens (tertiary/aromatic N) is 6. The van der Waals surface area contributed by atoms with Gasteiger partial charge >= 0.3 is 5.97 Å². The number of rotatable bonds is 7. The minimum absolute atomic E-state index is 0.0113. The van der Waals surface area contributed by atoms with Gasteiger partial charge in [0.25, 0.3) is 0 Å². The van der Waals surface area contributed by atoms with Crippen LogP contribution in [0.15, 0.2) is 53.3 Å². The van der Waals surface area contributed by atoms with Gasteiger partial charge in [-0.25, -0.2) is 29.0 Å². The van der Waals surface area contributed by atoms with Crippen molar-refractivity contribution in [3.8, 4) is 11.5 Å². The van der Waals surface area contributed by atoms with Gasteiger partial charge in [-0.05, 0) is 39.0 Å². The number of carboxylic acid groups (broad SMARTS) is 1. The Labute approximate surface area is 232 Å². The molecule has 0 bridgehead atoms. The van der Waals surface area contributed by atoms with Gasteiger partial charge in [0.15, 0.2) is 16.9 Å². The lowest BCUT2D eigenvalue weighted by atomic mass is 9.84. The first-order chi connectivity index (χ1) is 19.5. The van der Waals surface area contributed by atoms with Gasteiger partial charge in [0, 0.05) is 18.2 Å². The zero-order valence-corrected chi connectivity index (χ0v) is 22.3. The number of halogens is 1. The first kappa shape index (κ1) is 26.0. The van der Waals surface area contributed by atoms with Crippen LogP contribution in [0.3, 0.4) is 0 Å². The summed E-state index contributed by atoms with van der Waals surface area (Å²) in [5, 5.41) is 17.5. The van der Waals surface area contributed by atoms with Crippen molar-refractivity contribution in [2.45, 2.75) is 39.2 Å². The van der Waals surface area contributed by atoms with Crippen LogP contribution in [0.4, 0.5) is 16.0 Å². The summed E-state index contributed by atoms with van der Waals surface area (Å²) in [7, 11) is 0. The fourth-order valence-corrected chi connectivity index (χ4v) is 4.94. The van der Waals surface area contributed by atoms with Gasteiger partial charge in [0.2, 0.25) is 11.8 Å². The van der Waals surface area contributed by atoms with Crippen LogP contribution in [0.2, 0.25) is 0 Å². The first-order valence-electron chi connectivity index (χ1n) is 12.7. The van der Waals surface area contributed by atoms with Gasteiger partial charge in [0.1, 0.15) is 29.4 Å². The maximum atomic E-state index is 14.4. The van der Waals surface area contributed by atoms with Crippen molar-refractivity contribution in [1.29, 1.82) is 0 Å². The Morgan fingerprint density at radius 3 is 2.73 bits per heavy atom. The topological polar surface area (TPSA) is 175 Å². The molecule has 0 aliphatic carbocycles. The maximum Gasteiger partial charge on any atom is 0.309 e. The van der Waals surface area contributed by atoms with Crippen LogP contribution in [-0.4, -0.2) is 46.7 Å². The van der Waals surface area contributed by atoms with Crippen molar-refractivity contribution >= 4 is 34.5 Å². The second kappa shape index (κ2) is 9.18. The molecule has 0 saturated heterocycles.